The Morgan fingerprint density at radius 2 is 1.72 bits per heavy atom. The molecule has 0 saturated carbocycles. The predicted molar refractivity (Wildman–Crippen MR) is 147 cm³/mol. The maximum absolute atomic E-state index is 13.2. The van der Waals surface area contributed by atoms with Crippen LogP contribution in [0.4, 0.5) is 5.69 Å². The number of carbonyl (C=O) groups excluding carboxylic acids is 2. The normalized spacial score (nSPS) is 13.5. The van der Waals surface area contributed by atoms with Crippen LogP contribution >= 0.6 is 11.6 Å². The molecule has 1 aliphatic heterocycles. The third-order valence-corrected chi connectivity index (χ3v) is 6.54. The Labute approximate surface area is 232 Å². The number of ether oxygens (including phenoxy) is 2. The first-order valence-electron chi connectivity index (χ1n) is 12.5. The molecule has 9 heteroatoms. The van der Waals surface area contributed by atoms with Gasteiger partial charge in [0.05, 0.1) is 17.6 Å². The van der Waals surface area contributed by atoms with Gasteiger partial charge in [-0.25, -0.2) is 0 Å². The van der Waals surface area contributed by atoms with E-state index in [0.29, 0.717) is 49.8 Å². The summed E-state index contributed by atoms with van der Waals surface area (Å²) < 4.78 is 11.6. The number of carboxylic acids is 1. The number of carboxylic acid groups (broad SMARTS) is 1. The molecule has 0 atom stereocenters. The summed E-state index contributed by atoms with van der Waals surface area (Å²) in [5.41, 5.74) is 2.44. The summed E-state index contributed by atoms with van der Waals surface area (Å²) in [6, 6.07) is 21.5. The van der Waals surface area contributed by atoms with Gasteiger partial charge in [0.15, 0.2) is 11.5 Å². The summed E-state index contributed by atoms with van der Waals surface area (Å²) >= 11 is 6.53. The van der Waals surface area contributed by atoms with Gasteiger partial charge in [-0.1, -0.05) is 54.1 Å². The van der Waals surface area contributed by atoms with Gasteiger partial charge in [0, 0.05) is 31.9 Å². The van der Waals surface area contributed by atoms with Crippen LogP contribution in [0.1, 0.15) is 28.4 Å². The number of amides is 1. The number of benzene rings is 3. The molecule has 0 aromatic heterocycles. The van der Waals surface area contributed by atoms with Crippen molar-refractivity contribution in [2.45, 2.75) is 13.5 Å². The van der Waals surface area contributed by atoms with Gasteiger partial charge in [0.25, 0.3) is 5.91 Å². The van der Waals surface area contributed by atoms with E-state index in [9.17, 15) is 20.0 Å². The molecule has 200 valence electrons. The molecule has 0 aliphatic carbocycles. The minimum absolute atomic E-state index is 0.00311. The fourth-order valence-electron chi connectivity index (χ4n) is 4.25. The first-order chi connectivity index (χ1) is 18.9. The van der Waals surface area contributed by atoms with E-state index in [4.69, 9.17) is 21.1 Å². The van der Waals surface area contributed by atoms with Crippen molar-refractivity contribution in [3.05, 3.63) is 94.0 Å². The van der Waals surface area contributed by atoms with Crippen LogP contribution in [0.5, 0.6) is 11.5 Å². The molecule has 0 radical (unpaired) electrons. The minimum atomic E-state index is -1.25. The van der Waals surface area contributed by atoms with E-state index in [1.165, 1.54) is 18.2 Å². The molecule has 1 saturated heterocycles. The predicted octanol–water partition coefficient (Wildman–Crippen LogP) is 3.94. The van der Waals surface area contributed by atoms with Crippen LogP contribution in [0, 0.1) is 11.3 Å². The highest BCUT2D eigenvalue weighted by molar-refractivity contribution is 6.32. The van der Waals surface area contributed by atoms with E-state index in [0.717, 1.165) is 11.3 Å². The Balaban J connectivity index is 1.47. The maximum atomic E-state index is 13.2. The van der Waals surface area contributed by atoms with E-state index < -0.39 is 5.97 Å². The summed E-state index contributed by atoms with van der Waals surface area (Å²) in [6.45, 7) is 4.66. The summed E-state index contributed by atoms with van der Waals surface area (Å²) in [5.74, 6) is -0.914. The van der Waals surface area contributed by atoms with Crippen molar-refractivity contribution < 1.29 is 24.2 Å². The van der Waals surface area contributed by atoms with Crippen molar-refractivity contribution in [3.63, 3.8) is 0 Å². The van der Waals surface area contributed by atoms with E-state index in [2.05, 4.69) is 4.90 Å². The van der Waals surface area contributed by atoms with Crippen molar-refractivity contribution in [3.8, 4) is 17.6 Å². The molecule has 39 heavy (non-hydrogen) atoms. The fraction of sp³-hybridized carbons (Fsp3) is 0.233. The number of nitrogens with zero attached hydrogens (tertiary/aromatic N) is 3. The van der Waals surface area contributed by atoms with Crippen molar-refractivity contribution >= 4 is 35.2 Å². The lowest BCUT2D eigenvalue weighted by Crippen LogP contribution is -2.49. The molecule has 1 amide bonds. The summed E-state index contributed by atoms with van der Waals surface area (Å²) in [4.78, 5) is 28.0. The number of piperazine rings is 1. The van der Waals surface area contributed by atoms with Gasteiger partial charge in [-0.3, -0.25) is 4.79 Å². The average molecular weight is 545 g/mol. The number of halogens is 1. The number of hydrogen-bond acceptors (Lipinski definition) is 7. The van der Waals surface area contributed by atoms with Gasteiger partial charge in [0.2, 0.25) is 0 Å². The van der Waals surface area contributed by atoms with Crippen molar-refractivity contribution in [1.82, 2.24) is 4.90 Å². The van der Waals surface area contributed by atoms with E-state index in [-0.39, 0.29) is 28.7 Å². The van der Waals surface area contributed by atoms with Gasteiger partial charge in [-0.05, 0) is 54.0 Å². The second-order valence-electron chi connectivity index (χ2n) is 8.82. The second-order valence-corrected chi connectivity index (χ2v) is 9.23. The molecule has 3 aromatic rings. The van der Waals surface area contributed by atoms with Crippen LogP contribution < -0.4 is 19.5 Å². The molecule has 0 spiro atoms. The zero-order valence-electron chi connectivity index (χ0n) is 21.4. The molecule has 0 N–H and O–H groups in total. The maximum Gasteiger partial charge on any atom is 0.264 e. The molecular weight excluding hydrogens is 518 g/mol. The SMILES string of the molecule is CCOc1cc(/C=C(/C#N)C(=O)N2CCN(c3ccccc3)CC2)cc(Cl)c1OCc1ccc(C(=O)[O-])cc1. The fourth-order valence-corrected chi connectivity index (χ4v) is 4.53. The lowest BCUT2D eigenvalue weighted by molar-refractivity contribution is -0.255. The highest BCUT2D eigenvalue weighted by Gasteiger charge is 2.24. The van der Waals surface area contributed by atoms with Crippen LogP contribution in [0.3, 0.4) is 0 Å². The summed E-state index contributed by atoms with van der Waals surface area (Å²) in [5, 5.41) is 21.0. The first-order valence-corrected chi connectivity index (χ1v) is 12.9. The van der Waals surface area contributed by atoms with Gasteiger partial charge < -0.3 is 29.2 Å². The zero-order chi connectivity index (χ0) is 27.8. The Kier molecular flexibility index (Phi) is 9.08. The Morgan fingerprint density at radius 1 is 1.03 bits per heavy atom. The Hall–Kier alpha value is -4.48. The Bertz CT molecular complexity index is 1390. The quantitative estimate of drug-likeness (QED) is 0.297. The largest absolute Gasteiger partial charge is 0.545 e. The number of para-hydroxylation sites is 1. The number of rotatable bonds is 9. The molecule has 8 nitrogen and oxygen atoms in total. The number of aromatic carboxylic acids is 1. The van der Waals surface area contributed by atoms with Gasteiger partial charge in [0.1, 0.15) is 18.2 Å². The molecule has 0 unspecified atom stereocenters. The van der Waals surface area contributed by atoms with Gasteiger partial charge in [-0.15, -0.1) is 0 Å². The molecule has 0 bridgehead atoms. The lowest BCUT2D eigenvalue weighted by Gasteiger charge is -2.36. The van der Waals surface area contributed by atoms with Crippen LogP contribution in [0.25, 0.3) is 6.08 Å². The second kappa shape index (κ2) is 12.9. The zero-order valence-corrected chi connectivity index (χ0v) is 22.2. The van der Waals surface area contributed by atoms with Gasteiger partial charge in [-0.2, -0.15) is 5.26 Å². The van der Waals surface area contributed by atoms with Crippen molar-refractivity contribution in [2.75, 3.05) is 37.7 Å². The summed E-state index contributed by atoms with van der Waals surface area (Å²) in [6.07, 6.45) is 1.50. The molecule has 3 aromatic carbocycles. The molecule has 1 fully saturated rings. The third kappa shape index (κ3) is 6.89. The number of carbonyl (C=O) groups is 2. The minimum Gasteiger partial charge on any atom is -0.545 e. The number of hydrogen-bond donors (Lipinski definition) is 0. The molecular formula is C30H27ClN3O5-. The van der Waals surface area contributed by atoms with Gasteiger partial charge >= 0.3 is 0 Å². The highest BCUT2D eigenvalue weighted by atomic mass is 35.5. The number of anilines is 1. The number of nitriles is 1. The smallest absolute Gasteiger partial charge is 0.264 e. The van der Waals surface area contributed by atoms with Crippen LogP contribution in [-0.4, -0.2) is 49.6 Å². The molecule has 4 rings (SSSR count). The average Bonchev–Trinajstić information content (AvgIpc) is 2.96. The van der Waals surface area contributed by atoms with E-state index in [1.54, 1.807) is 29.2 Å². The molecule has 1 aliphatic rings. The lowest BCUT2D eigenvalue weighted by atomic mass is 10.1. The van der Waals surface area contributed by atoms with Crippen LogP contribution in [-0.2, 0) is 11.4 Å². The van der Waals surface area contributed by atoms with E-state index >= 15 is 0 Å². The monoisotopic (exact) mass is 544 g/mol. The van der Waals surface area contributed by atoms with Crippen molar-refractivity contribution in [1.29, 1.82) is 5.26 Å². The molecule has 1 heterocycles. The Morgan fingerprint density at radius 3 is 2.33 bits per heavy atom. The summed E-state index contributed by atoms with van der Waals surface area (Å²) in [7, 11) is 0. The van der Waals surface area contributed by atoms with Crippen molar-refractivity contribution in [2.24, 2.45) is 0 Å². The standard InChI is InChI=1S/C30H28ClN3O5/c1-2-38-27-18-22(17-26(31)28(27)39-20-21-8-10-23(11-9-21)30(36)37)16-24(19-32)29(35)34-14-12-33(13-15-34)25-6-4-3-5-7-25/h3-11,16-18H,2,12-15,20H2,1H3,(H,36,37)/p-1/b24-16-. The topological polar surface area (TPSA) is 106 Å². The van der Waals surface area contributed by atoms with E-state index in [1.807, 2.05) is 43.3 Å². The highest BCUT2D eigenvalue weighted by Crippen LogP contribution is 2.38. The van der Waals surface area contributed by atoms with Crippen LogP contribution in [0.2, 0.25) is 5.02 Å². The van der Waals surface area contributed by atoms with Crippen LogP contribution in [0.15, 0.2) is 72.3 Å². The third-order valence-electron chi connectivity index (χ3n) is 6.25. The first kappa shape index (κ1) is 27.6.